The Bertz CT molecular complexity index is 1320. The Morgan fingerprint density at radius 1 is 0.818 bits per heavy atom. The van der Waals surface area contributed by atoms with Crippen molar-refractivity contribution in [2.75, 3.05) is 4.90 Å². The zero-order valence-corrected chi connectivity index (χ0v) is 18.1. The molecule has 4 atom stereocenters. The molecule has 3 aliphatic heterocycles. The number of hydrogen-bond acceptors (Lipinski definition) is 5. The first-order chi connectivity index (χ1) is 16.1. The highest BCUT2D eigenvalue weighted by atomic mass is 35.5. The molecule has 2 saturated heterocycles. The maximum atomic E-state index is 13.7. The van der Waals surface area contributed by atoms with Crippen molar-refractivity contribution in [1.29, 1.82) is 0 Å². The van der Waals surface area contributed by atoms with Crippen molar-refractivity contribution >= 4 is 41.1 Å². The van der Waals surface area contributed by atoms with Crippen molar-refractivity contribution < 1.29 is 14.4 Å². The number of hydrogen-bond donors (Lipinski definition) is 0. The van der Waals surface area contributed by atoms with Gasteiger partial charge in [0.2, 0.25) is 11.8 Å². The summed E-state index contributed by atoms with van der Waals surface area (Å²) in [5, 5.41) is 6.75. The van der Waals surface area contributed by atoms with E-state index in [1.165, 1.54) is 4.90 Å². The molecule has 0 saturated carbocycles. The summed E-state index contributed by atoms with van der Waals surface area (Å²) in [4.78, 5) is 42.3. The molecule has 2 amide bonds. The number of carbonyl (C=O) groups is 3. The van der Waals surface area contributed by atoms with Gasteiger partial charge in [0.25, 0.3) is 0 Å². The van der Waals surface area contributed by atoms with Gasteiger partial charge in [-0.1, -0.05) is 66.2 Å². The number of fused-ring (bicyclic) bond motifs is 5. The third kappa shape index (κ3) is 2.87. The van der Waals surface area contributed by atoms with Crippen LogP contribution in [0.25, 0.3) is 0 Å². The van der Waals surface area contributed by atoms with Gasteiger partial charge in [-0.05, 0) is 35.4 Å². The first-order valence-electron chi connectivity index (χ1n) is 10.7. The molecule has 0 N–H and O–H groups in total. The quantitative estimate of drug-likeness (QED) is 0.440. The molecular formula is C26H18ClN3O3. The van der Waals surface area contributed by atoms with Crippen LogP contribution in [0.5, 0.6) is 0 Å². The molecule has 0 aromatic heterocycles. The minimum Gasteiger partial charge on any atom is -0.292 e. The van der Waals surface area contributed by atoms with E-state index in [0.717, 1.165) is 11.1 Å². The number of Topliss-reactive ketones (excluding diaryl/α,β-unsaturated/α-hetero) is 1. The molecular weight excluding hydrogens is 438 g/mol. The lowest BCUT2D eigenvalue weighted by Gasteiger charge is -2.33. The van der Waals surface area contributed by atoms with Crippen LogP contribution in [0.15, 0.2) is 84.0 Å². The van der Waals surface area contributed by atoms with Gasteiger partial charge < -0.3 is 0 Å². The molecule has 0 radical (unpaired) electrons. The number of carbonyl (C=O) groups excluding carboxylic acids is 3. The van der Waals surface area contributed by atoms with Gasteiger partial charge in [-0.15, -0.1) is 0 Å². The summed E-state index contributed by atoms with van der Waals surface area (Å²) < 4.78 is 0. The minimum absolute atomic E-state index is 0.219. The smallest absolute Gasteiger partial charge is 0.240 e. The van der Waals surface area contributed by atoms with Crippen molar-refractivity contribution in [3.63, 3.8) is 0 Å². The number of nitrogens with zero attached hydrogens (tertiary/aromatic N) is 3. The van der Waals surface area contributed by atoms with Gasteiger partial charge >= 0.3 is 0 Å². The number of benzene rings is 3. The van der Waals surface area contributed by atoms with Crippen molar-refractivity contribution in [2.24, 2.45) is 16.9 Å². The van der Waals surface area contributed by atoms with E-state index in [1.807, 2.05) is 30.3 Å². The third-order valence-corrected chi connectivity index (χ3v) is 6.96. The van der Waals surface area contributed by atoms with E-state index in [4.69, 9.17) is 11.6 Å². The van der Waals surface area contributed by atoms with Crippen LogP contribution in [-0.2, 0) is 9.59 Å². The first-order valence-corrected chi connectivity index (χ1v) is 11.1. The monoisotopic (exact) mass is 455 g/mol. The number of imide groups is 1. The van der Waals surface area contributed by atoms with Crippen LogP contribution >= 0.6 is 11.6 Å². The van der Waals surface area contributed by atoms with Gasteiger partial charge in [-0.25, -0.2) is 4.90 Å². The highest BCUT2D eigenvalue weighted by molar-refractivity contribution is 6.31. The number of halogens is 1. The van der Waals surface area contributed by atoms with Crippen molar-refractivity contribution in [1.82, 2.24) is 5.01 Å². The average Bonchev–Trinajstić information content (AvgIpc) is 3.32. The van der Waals surface area contributed by atoms with Crippen LogP contribution in [0.1, 0.15) is 27.5 Å². The van der Waals surface area contributed by atoms with E-state index in [0.29, 0.717) is 16.3 Å². The molecule has 0 bridgehead atoms. The van der Waals surface area contributed by atoms with Crippen LogP contribution in [-0.4, -0.2) is 34.9 Å². The fraction of sp³-hybridized carbons (Fsp3) is 0.154. The lowest BCUT2D eigenvalue weighted by Crippen LogP contribution is -2.44. The summed E-state index contributed by atoms with van der Waals surface area (Å²) in [6, 6.07) is 21.7. The number of hydrazone groups is 1. The van der Waals surface area contributed by atoms with Gasteiger partial charge in [-0.3, -0.25) is 19.4 Å². The largest absolute Gasteiger partial charge is 0.292 e. The third-order valence-electron chi connectivity index (χ3n) is 6.70. The second-order valence-corrected chi connectivity index (χ2v) is 8.85. The van der Waals surface area contributed by atoms with E-state index in [-0.39, 0.29) is 17.6 Å². The molecule has 2 fully saturated rings. The fourth-order valence-electron chi connectivity index (χ4n) is 5.29. The summed E-state index contributed by atoms with van der Waals surface area (Å²) in [5.74, 6) is -2.48. The van der Waals surface area contributed by atoms with Crippen LogP contribution < -0.4 is 4.90 Å². The molecule has 162 valence electrons. The van der Waals surface area contributed by atoms with E-state index >= 15 is 0 Å². The molecule has 3 aromatic rings. The minimum atomic E-state index is -0.874. The van der Waals surface area contributed by atoms with E-state index < -0.39 is 23.9 Å². The zero-order valence-electron chi connectivity index (χ0n) is 17.3. The van der Waals surface area contributed by atoms with Gasteiger partial charge in [0.15, 0.2) is 5.78 Å². The van der Waals surface area contributed by atoms with E-state index in [1.54, 1.807) is 59.8 Å². The predicted octanol–water partition coefficient (Wildman–Crippen LogP) is 4.10. The Balaban J connectivity index is 1.50. The van der Waals surface area contributed by atoms with Gasteiger partial charge in [0, 0.05) is 10.6 Å². The van der Waals surface area contributed by atoms with Crippen LogP contribution in [0.4, 0.5) is 5.69 Å². The Kier molecular flexibility index (Phi) is 4.45. The van der Waals surface area contributed by atoms with E-state index in [9.17, 15) is 14.4 Å². The average molecular weight is 456 g/mol. The first kappa shape index (κ1) is 19.9. The highest BCUT2D eigenvalue weighted by Crippen LogP contribution is 2.53. The van der Waals surface area contributed by atoms with Gasteiger partial charge in [0.1, 0.15) is 6.04 Å². The lowest BCUT2D eigenvalue weighted by atomic mass is 9.83. The molecule has 0 spiro atoms. The summed E-state index contributed by atoms with van der Waals surface area (Å²) in [6.07, 6.45) is 1.70. The maximum absolute atomic E-state index is 13.7. The van der Waals surface area contributed by atoms with Crippen LogP contribution in [0, 0.1) is 11.8 Å². The molecule has 0 aliphatic carbocycles. The number of ketones is 1. The summed E-state index contributed by atoms with van der Waals surface area (Å²) in [6.45, 7) is 0. The molecule has 7 heteroatoms. The molecule has 33 heavy (non-hydrogen) atoms. The standard InChI is InChI=1S/C26H18ClN3O3/c27-17-10-12-18(13-11-17)29-25(32)20-21(26(29)33)23(24(31)15-6-2-1-3-7-15)30-22(20)19-9-5-4-8-16(19)14-28-30/h1-14,20-23H. The highest BCUT2D eigenvalue weighted by Gasteiger charge is 2.65. The van der Waals surface area contributed by atoms with E-state index in [2.05, 4.69) is 5.10 Å². The molecule has 3 aromatic carbocycles. The summed E-state index contributed by atoms with van der Waals surface area (Å²) >= 11 is 6.01. The second kappa shape index (κ2) is 7.39. The summed E-state index contributed by atoms with van der Waals surface area (Å²) in [7, 11) is 0. The lowest BCUT2D eigenvalue weighted by molar-refractivity contribution is -0.124. The summed E-state index contributed by atoms with van der Waals surface area (Å²) in [5.41, 5.74) is 2.72. The SMILES string of the molecule is O=C(c1ccccc1)C1C2C(=O)N(c3ccc(Cl)cc3)C(=O)C2C2c3ccccc3C=NN12. The normalized spacial score (nSPS) is 25.1. The predicted molar refractivity (Wildman–Crippen MR) is 124 cm³/mol. The van der Waals surface area contributed by atoms with Gasteiger partial charge in [-0.2, -0.15) is 5.10 Å². The topological polar surface area (TPSA) is 70.0 Å². The Morgan fingerprint density at radius 3 is 2.24 bits per heavy atom. The number of rotatable bonds is 3. The van der Waals surface area contributed by atoms with Crippen LogP contribution in [0.3, 0.4) is 0 Å². The number of anilines is 1. The molecule has 3 heterocycles. The molecule has 6 nitrogen and oxygen atoms in total. The Hall–Kier alpha value is -3.77. The Labute approximate surface area is 195 Å². The Morgan fingerprint density at radius 2 is 1.48 bits per heavy atom. The number of amides is 2. The molecule has 3 aliphatic rings. The zero-order chi connectivity index (χ0) is 22.7. The fourth-order valence-corrected chi connectivity index (χ4v) is 5.41. The van der Waals surface area contributed by atoms with Gasteiger partial charge in [0.05, 0.1) is 29.8 Å². The van der Waals surface area contributed by atoms with Crippen molar-refractivity contribution in [2.45, 2.75) is 12.1 Å². The molecule has 4 unspecified atom stereocenters. The van der Waals surface area contributed by atoms with Crippen molar-refractivity contribution in [3.05, 3.63) is 101 Å². The van der Waals surface area contributed by atoms with Crippen LogP contribution in [0.2, 0.25) is 5.02 Å². The van der Waals surface area contributed by atoms with Crippen molar-refractivity contribution in [3.8, 4) is 0 Å². The maximum Gasteiger partial charge on any atom is 0.240 e. The molecule has 6 rings (SSSR count). The second-order valence-electron chi connectivity index (χ2n) is 8.41.